The van der Waals surface area contributed by atoms with Crippen LogP contribution in [0.3, 0.4) is 0 Å². The van der Waals surface area contributed by atoms with Crippen molar-refractivity contribution in [1.82, 2.24) is 15.0 Å². The van der Waals surface area contributed by atoms with Crippen LogP contribution in [0, 0.1) is 5.92 Å². The summed E-state index contributed by atoms with van der Waals surface area (Å²) in [5.74, 6) is -0.417. The number of thiophene rings is 1. The number of likely N-dealkylation sites (tertiary alicyclic amines) is 1. The number of piperidine rings is 1. The summed E-state index contributed by atoms with van der Waals surface area (Å²) in [6, 6.07) is 1.87. The third-order valence-electron chi connectivity index (χ3n) is 3.57. The highest BCUT2D eigenvalue weighted by Crippen LogP contribution is 2.33. The Morgan fingerprint density at radius 1 is 1.43 bits per heavy atom. The molecule has 0 spiro atoms. The van der Waals surface area contributed by atoms with Gasteiger partial charge in [0.25, 0.3) is 0 Å². The summed E-state index contributed by atoms with van der Waals surface area (Å²) in [6.07, 6.45) is -3.39. The fourth-order valence-electron chi connectivity index (χ4n) is 2.49. The lowest BCUT2D eigenvalue weighted by Crippen LogP contribution is -2.41. The van der Waals surface area contributed by atoms with Crippen LogP contribution in [-0.4, -0.2) is 34.3 Å². The number of hydrogen-bond donors (Lipinski definition) is 0. The molecule has 0 aromatic carbocycles. The largest absolute Gasteiger partial charge is 0.393 e. The molecule has 21 heavy (non-hydrogen) atoms. The fraction of sp³-hybridized carbons (Fsp3) is 0.538. The second kappa shape index (κ2) is 5.76. The molecular weight excluding hydrogens is 303 g/mol. The van der Waals surface area contributed by atoms with Gasteiger partial charge in [-0.2, -0.15) is 29.5 Å². The van der Waals surface area contributed by atoms with E-state index in [4.69, 9.17) is 4.52 Å². The molecular formula is C13H14F3N3OS. The summed E-state index contributed by atoms with van der Waals surface area (Å²) < 4.78 is 43.4. The van der Waals surface area contributed by atoms with Gasteiger partial charge in [-0.15, -0.1) is 0 Å². The first-order valence-corrected chi connectivity index (χ1v) is 7.61. The molecule has 3 heterocycles. The van der Waals surface area contributed by atoms with Gasteiger partial charge < -0.3 is 4.52 Å². The molecule has 3 rings (SSSR count). The quantitative estimate of drug-likeness (QED) is 0.868. The monoisotopic (exact) mass is 317 g/mol. The van der Waals surface area contributed by atoms with Crippen LogP contribution < -0.4 is 0 Å². The summed E-state index contributed by atoms with van der Waals surface area (Å²) in [4.78, 5) is 5.97. The Kier molecular flexibility index (Phi) is 3.99. The van der Waals surface area contributed by atoms with E-state index in [1.165, 1.54) is 11.3 Å². The highest BCUT2D eigenvalue weighted by Gasteiger charge is 2.41. The van der Waals surface area contributed by atoms with E-state index in [0.29, 0.717) is 24.7 Å². The average Bonchev–Trinajstić information content (AvgIpc) is 3.08. The van der Waals surface area contributed by atoms with E-state index in [1.807, 2.05) is 16.8 Å². The van der Waals surface area contributed by atoms with Crippen molar-refractivity contribution in [3.05, 3.63) is 22.7 Å². The Bertz CT molecular complexity index is 582. The van der Waals surface area contributed by atoms with Crippen molar-refractivity contribution in [1.29, 1.82) is 0 Å². The van der Waals surface area contributed by atoms with Gasteiger partial charge >= 0.3 is 6.18 Å². The molecule has 0 aliphatic carbocycles. The Morgan fingerprint density at radius 2 is 2.29 bits per heavy atom. The summed E-state index contributed by atoms with van der Waals surface area (Å²) >= 11 is 1.53. The molecule has 1 saturated heterocycles. The molecule has 0 amide bonds. The molecule has 8 heteroatoms. The molecule has 2 aromatic heterocycles. The van der Waals surface area contributed by atoms with Crippen molar-refractivity contribution in [3.63, 3.8) is 0 Å². The van der Waals surface area contributed by atoms with Crippen molar-refractivity contribution in [3.8, 4) is 11.4 Å². The van der Waals surface area contributed by atoms with Crippen molar-refractivity contribution in [2.45, 2.75) is 25.6 Å². The lowest BCUT2D eigenvalue weighted by atomic mass is 9.97. The molecule has 1 aliphatic heterocycles. The van der Waals surface area contributed by atoms with E-state index < -0.39 is 12.1 Å². The van der Waals surface area contributed by atoms with E-state index in [9.17, 15) is 13.2 Å². The number of nitrogens with zero attached hydrogens (tertiary/aromatic N) is 3. The number of aromatic nitrogens is 2. The third-order valence-corrected chi connectivity index (χ3v) is 4.26. The zero-order chi connectivity index (χ0) is 14.9. The molecule has 1 aliphatic rings. The average molecular weight is 317 g/mol. The number of rotatable bonds is 3. The second-order valence-corrected chi connectivity index (χ2v) is 5.92. The smallest absolute Gasteiger partial charge is 0.338 e. The summed E-state index contributed by atoms with van der Waals surface area (Å²) in [5, 5.41) is 7.67. The van der Waals surface area contributed by atoms with Crippen LogP contribution in [0.25, 0.3) is 11.4 Å². The molecule has 0 radical (unpaired) electrons. The maximum absolute atomic E-state index is 12.8. The maximum atomic E-state index is 12.8. The van der Waals surface area contributed by atoms with Crippen LogP contribution >= 0.6 is 11.3 Å². The molecule has 4 nitrogen and oxygen atoms in total. The molecule has 0 N–H and O–H groups in total. The second-order valence-electron chi connectivity index (χ2n) is 5.14. The van der Waals surface area contributed by atoms with Gasteiger partial charge in [0, 0.05) is 17.5 Å². The van der Waals surface area contributed by atoms with Gasteiger partial charge in [-0.05, 0) is 30.8 Å². The Balaban J connectivity index is 1.64. The van der Waals surface area contributed by atoms with Gasteiger partial charge in [-0.25, -0.2) is 0 Å². The molecule has 0 saturated carbocycles. The van der Waals surface area contributed by atoms with Crippen LogP contribution in [0.5, 0.6) is 0 Å². The Hall–Kier alpha value is -1.41. The molecule has 2 aromatic rings. The highest BCUT2D eigenvalue weighted by molar-refractivity contribution is 7.08. The van der Waals surface area contributed by atoms with Crippen LogP contribution in [-0.2, 0) is 6.54 Å². The van der Waals surface area contributed by atoms with Gasteiger partial charge in [-0.1, -0.05) is 5.16 Å². The Morgan fingerprint density at radius 3 is 3.00 bits per heavy atom. The predicted octanol–water partition coefficient (Wildman–Crippen LogP) is 3.57. The number of halogens is 3. The van der Waals surface area contributed by atoms with Crippen molar-refractivity contribution in [2.24, 2.45) is 5.92 Å². The lowest BCUT2D eigenvalue weighted by molar-refractivity contribution is -0.187. The highest BCUT2D eigenvalue weighted by atomic mass is 32.1. The number of hydrogen-bond acceptors (Lipinski definition) is 5. The van der Waals surface area contributed by atoms with Crippen molar-refractivity contribution < 1.29 is 17.7 Å². The van der Waals surface area contributed by atoms with Crippen molar-refractivity contribution >= 4 is 11.3 Å². The minimum atomic E-state index is -4.13. The fourth-order valence-corrected chi connectivity index (χ4v) is 3.12. The summed E-state index contributed by atoms with van der Waals surface area (Å²) in [5.41, 5.74) is 0.863. The molecule has 0 unspecified atom stereocenters. The van der Waals surface area contributed by atoms with Gasteiger partial charge in [0.2, 0.25) is 11.7 Å². The normalized spacial score (nSPS) is 20.8. The van der Waals surface area contributed by atoms with E-state index in [0.717, 1.165) is 5.56 Å². The SMILES string of the molecule is FC(F)(F)[C@@H]1CCCN(Cc2nc(-c3ccsc3)no2)C1. The summed E-state index contributed by atoms with van der Waals surface area (Å²) in [6.45, 7) is 0.895. The van der Waals surface area contributed by atoms with Crippen LogP contribution in [0.2, 0.25) is 0 Å². The zero-order valence-corrected chi connectivity index (χ0v) is 12.0. The first-order valence-electron chi connectivity index (χ1n) is 6.66. The van der Waals surface area contributed by atoms with Gasteiger partial charge in [0.1, 0.15) is 0 Å². The van der Waals surface area contributed by atoms with E-state index in [1.54, 1.807) is 4.90 Å². The Labute approximate surface area is 123 Å². The minimum absolute atomic E-state index is 0.000333. The molecule has 114 valence electrons. The first-order chi connectivity index (χ1) is 10.0. The third kappa shape index (κ3) is 3.44. The lowest BCUT2D eigenvalue weighted by Gasteiger charge is -2.32. The van der Waals surface area contributed by atoms with Crippen LogP contribution in [0.15, 0.2) is 21.3 Å². The number of alkyl halides is 3. The van der Waals surface area contributed by atoms with Gasteiger partial charge in [0.15, 0.2) is 0 Å². The standard InChI is InChI=1S/C13H14F3N3OS/c14-13(15,16)10-2-1-4-19(6-10)7-11-17-12(18-20-11)9-3-5-21-8-9/h3,5,8,10H,1-2,4,6-7H2/t10-/m1/s1. The van der Waals surface area contributed by atoms with Crippen LogP contribution in [0.1, 0.15) is 18.7 Å². The minimum Gasteiger partial charge on any atom is -0.338 e. The van der Waals surface area contributed by atoms with Gasteiger partial charge in [-0.3, -0.25) is 4.90 Å². The molecule has 0 bridgehead atoms. The van der Waals surface area contributed by atoms with E-state index in [2.05, 4.69) is 10.1 Å². The predicted molar refractivity (Wildman–Crippen MR) is 71.7 cm³/mol. The molecule has 1 atom stereocenters. The summed E-state index contributed by atoms with van der Waals surface area (Å²) in [7, 11) is 0. The van der Waals surface area contributed by atoms with Gasteiger partial charge in [0.05, 0.1) is 12.5 Å². The molecule has 1 fully saturated rings. The van der Waals surface area contributed by atoms with Crippen LogP contribution in [0.4, 0.5) is 13.2 Å². The van der Waals surface area contributed by atoms with E-state index in [-0.39, 0.29) is 19.5 Å². The first kappa shape index (κ1) is 14.5. The topological polar surface area (TPSA) is 42.2 Å². The van der Waals surface area contributed by atoms with Crippen molar-refractivity contribution in [2.75, 3.05) is 13.1 Å². The zero-order valence-electron chi connectivity index (χ0n) is 11.1. The van der Waals surface area contributed by atoms with E-state index >= 15 is 0 Å². The maximum Gasteiger partial charge on any atom is 0.393 e.